The number of aromatic nitrogens is 4. The molecule has 3 aromatic rings. The highest BCUT2D eigenvalue weighted by Gasteiger charge is 2.51. The number of tetrazole rings is 1. The van der Waals surface area contributed by atoms with Crippen molar-refractivity contribution in [3.8, 4) is 23.3 Å². The first-order valence-corrected chi connectivity index (χ1v) is 11.3. The van der Waals surface area contributed by atoms with Crippen molar-refractivity contribution in [3.05, 3.63) is 54.1 Å². The van der Waals surface area contributed by atoms with E-state index in [1.54, 1.807) is 22.9 Å². The molecule has 0 unspecified atom stereocenters. The van der Waals surface area contributed by atoms with Gasteiger partial charge in [-0.25, -0.2) is 0 Å². The fourth-order valence-corrected chi connectivity index (χ4v) is 4.71. The molecular weight excluding hydrogens is 426 g/mol. The van der Waals surface area contributed by atoms with Crippen LogP contribution >= 0.6 is 0 Å². The highest BCUT2D eigenvalue weighted by atomic mass is 16.7. The first-order valence-electron chi connectivity index (χ1n) is 11.3. The van der Waals surface area contributed by atoms with E-state index in [0.29, 0.717) is 36.5 Å². The fraction of sp³-hybridized carbons (Fsp3) is 0.435. The summed E-state index contributed by atoms with van der Waals surface area (Å²) in [6.07, 6.45) is 2.09. The molecule has 2 aromatic carbocycles. The van der Waals surface area contributed by atoms with E-state index in [9.17, 15) is 0 Å². The Labute approximate surface area is 190 Å². The second-order valence-corrected chi connectivity index (χ2v) is 8.46. The molecule has 172 valence electrons. The molecule has 4 heterocycles. The van der Waals surface area contributed by atoms with E-state index in [1.807, 2.05) is 0 Å². The molecule has 2 fully saturated rings. The first-order chi connectivity index (χ1) is 16.3. The van der Waals surface area contributed by atoms with Gasteiger partial charge in [0.15, 0.2) is 11.5 Å². The monoisotopic (exact) mass is 452 g/mol. The molecule has 0 aliphatic carbocycles. The van der Waals surface area contributed by atoms with Crippen molar-refractivity contribution in [3.63, 3.8) is 0 Å². The number of hydrogen-bond acceptors (Lipinski definition) is 8. The summed E-state index contributed by atoms with van der Waals surface area (Å²) >= 11 is 0. The van der Waals surface area contributed by atoms with Gasteiger partial charge in [0, 0.05) is 12.5 Å². The molecule has 2 N–H and O–H groups in total. The Balaban J connectivity index is 1.06. The Morgan fingerprint density at radius 1 is 1.00 bits per heavy atom. The molecule has 4 atom stereocenters. The third-order valence-electron chi connectivity index (χ3n) is 6.38. The number of ether oxygens (including phenoxy) is 5. The molecule has 0 spiro atoms. The van der Waals surface area contributed by atoms with Crippen LogP contribution in [-0.2, 0) is 15.9 Å². The summed E-state index contributed by atoms with van der Waals surface area (Å²) in [5, 5.41) is 14.4. The van der Waals surface area contributed by atoms with E-state index in [4.69, 9.17) is 23.7 Å². The van der Waals surface area contributed by atoms with Gasteiger partial charge in [-0.1, -0.05) is 35.4 Å². The van der Waals surface area contributed by atoms with E-state index in [2.05, 4.69) is 51.2 Å². The molecule has 2 saturated heterocycles. The van der Waals surface area contributed by atoms with Crippen molar-refractivity contribution in [1.82, 2.24) is 20.2 Å². The summed E-state index contributed by atoms with van der Waals surface area (Å²) in [5.41, 5.74) is 1.37. The van der Waals surface area contributed by atoms with Crippen LogP contribution in [0.25, 0.3) is 0 Å². The number of rotatable bonds is 8. The Bertz CT molecular complexity index is 1090. The van der Waals surface area contributed by atoms with Crippen molar-refractivity contribution in [2.75, 3.05) is 26.6 Å². The standard InChI is InChI=1S/C23H25N5O5/c1-2-5-15(6-3-1)7-4-10-24-17-12-29-22-18(13-30-21(17)22)28-23(25-26-27-28)33-16-8-9-19-20(11-16)32-14-31-19/h1-3,5-6,8-9,11,17-18,21-22,24H,4,7,10,12-14H2/p+1/t17-,18-,21+,22+/m0/s1. The first kappa shape index (κ1) is 20.4. The molecule has 1 aromatic heterocycles. The van der Waals surface area contributed by atoms with Gasteiger partial charge in [0.2, 0.25) is 6.79 Å². The van der Waals surface area contributed by atoms with Crippen LogP contribution < -0.4 is 19.5 Å². The van der Waals surface area contributed by atoms with Crippen molar-refractivity contribution < 1.29 is 29.0 Å². The average molecular weight is 452 g/mol. The molecule has 10 heteroatoms. The van der Waals surface area contributed by atoms with Crippen LogP contribution in [0.5, 0.6) is 23.3 Å². The number of nitrogens with two attached hydrogens (primary N) is 1. The van der Waals surface area contributed by atoms with E-state index >= 15 is 0 Å². The van der Waals surface area contributed by atoms with Crippen molar-refractivity contribution in [2.24, 2.45) is 0 Å². The number of quaternary nitrogens is 1. The second-order valence-electron chi connectivity index (χ2n) is 8.46. The minimum absolute atomic E-state index is 0.00863. The lowest BCUT2D eigenvalue weighted by Crippen LogP contribution is -2.92. The lowest BCUT2D eigenvalue weighted by molar-refractivity contribution is -0.693. The SMILES string of the molecule is c1ccc(CCC[NH2+][C@H]2CO[C@H]3[C@@H]2OC[C@@H]3n2nnnc2Oc2ccc3c(c2)OCO3)cc1. The van der Waals surface area contributed by atoms with Crippen LogP contribution in [0.2, 0.25) is 0 Å². The number of fused-ring (bicyclic) bond motifs is 2. The zero-order valence-corrected chi connectivity index (χ0v) is 18.1. The quantitative estimate of drug-likeness (QED) is 0.507. The third kappa shape index (κ3) is 4.12. The predicted molar refractivity (Wildman–Crippen MR) is 114 cm³/mol. The Hall–Kier alpha value is -3.21. The van der Waals surface area contributed by atoms with E-state index < -0.39 is 0 Å². The van der Waals surface area contributed by atoms with Gasteiger partial charge in [0.25, 0.3) is 0 Å². The topological polar surface area (TPSA) is 106 Å². The summed E-state index contributed by atoms with van der Waals surface area (Å²) in [5.74, 6) is 1.91. The summed E-state index contributed by atoms with van der Waals surface area (Å²) in [4.78, 5) is 0. The van der Waals surface area contributed by atoms with Crippen molar-refractivity contribution in [2.45, 2.75) is 37.1 Å². The molecule has 6 rings (SSSR count). The minimum Gasteiger partial charge on any atom is -0.454 e. The molecule has 3 aliphatic heterocycles. The van der Waals surface area contributed by atoms with Crippen LogP contribution in [0.1, 0.15) is 18.0 Å². The fourth-order valence-electron chi connectivity index (χ4n) is 4.71. The lowest BCUT2D eigenvalue weighted by atomic mass is 10.1. The lowest BCUT2D eigenvalue weighted by Gasteiger charge is -2.16. The maximum absolute atomic E-state index is 6.14. The highest BCUT2D eigenvalue weighted by molar-refractivity contribution is 5.47. The Morgan fingerprint density at radius 3 is 2.82 bits per heavy atom. The van der Waals surface area contributed by atoms with E-state index in [-0.39, 0.29) is 31.1 Å². The van der Waals surface area contributed by atoms with Gasteiger partial charge >= 0.3 is 6.01 Å². The zero-order valence-electron chi connectivity index (χ0n) is 18.1. The van der Waals surface area contributed by atoms with E-state index in [0.717, 1.165) is 19.4 Å². The van der Waals surface area contributed by atoms with Gasteiger partial charge in [0.1, 0.15) is 36.6 Å². The van der Waals surface area contributed by atoms with Gasteiger partial charge in [-0.15, -0.1) is 0 Å². The largest absolute Gasteiger partial charge is 0.454 e. The molecule has 0 amide bonds. The van der Waals surface area contributed by atoms with Crippen molar-refractivity contribution >= 4 is 0 Å². The minimum atomic E-state index is -0.142. The molecule has 3 aliphatic rings. The molecule has 0 bridgehead atoms. The Kier molecular flexibility index (Phi) is 5.54. The molecule has 33 heavy (non-hydrogen) atoms. The number of nitrogens with zero attached hydrogens (tertiary/aromatic N) is 4. The molecule has 10 nitrogen and oxygen atoms in total. The number of hydrogen-bond donors (Lipinski definition) is 1. The van der Waals surface area contributed by atoms with E-state index in [1.165, 1.54) is 5.56 Å². The number of aryl methyl sites for hydroxylation is 1. The van der Waals surface area contributed by atoms with Gasteiger partial charge in [-0.3, -0.25) is 0 Å². The highest BCUT2D eigenvalue weighted by Crippen LogP contribution is 2.38. The normalized spacial score (nSPS) is 25.3. The van der Waals surface area contributed by atoms with Crippen LogP contribution in [0.4, 0.5) is 0 Å². The smallest absolute Gasteiger partial charge is 0.341 e. The molecule has 0 radical (unpaired) electrons. The second kappa shape index (κ2) is 8.97. The van der Waals surface area contributed by atoms with Gasteiger partial charge in [-0.2, -0.15) is 4.68 Å². The van der Waals surface area contributed by atoms with Crippen LogP contribution in [0.3, 0.4) is 0 Å². The van der Waals surface area contributed by atoms with Gasteiger partial charge in [-0.05, 0) is 34.5 Å². The molecular formula is C23H26N5O5+. The summed E-state index contributed by atoms with van der Waals surface area (Å²) in [6.45, 7) is 2.37. The van der Waals surface area contributed by atoms with Gasteiger partial charge in [0.05, 0.1) is 13.2 Å². The van der Waals surface area contributed by atoms with Gasteiger partial charge < -0.3 is 29.0 Å². The predicted octanol–water partition coefficient (Wildman–Crippen LogP) is 1.10. The zero-order chi connectivity index (χ0) is 22.0. The van der Waals surface area contributed by atoms with Crippen LogP contribution in [-0.4, -0.2) is 65.0 Å². The Morgan fingerprint density at radius 2 is 1.88 bits per heavy atom. The van der Waals surface area contributed by atoms with Crippen molar-refractivity contribution in [1.29, 1.82) is 0 Å². The summed E-state index contributed by atoms with van der Waals surface area (Å²) in [7, 11) is 0. The van der Waals surface area contributed by atoms with Crippen LogP contribution in [0.15, 0.2) is 48.5 Å². The maximum atomic E-state index is 6.14. The summed E-state index contributed by atoms with van der Waals surface area (Å²) < 4.78 is 30.7. The van der Waals surface area contributed by atoms with Crippen LogP contribution in [0, 0.1) is 0 Å². The maximum Gasteiger partial charge on any atom is 0.341 e. The third-order valence-corrected chi connectivity index (χ3v) is 6.38. The average Bonchev–Trinajstić information content (AvgIpc) is 3.62. The summed E-state index contributed by atoms with van der Waals surface area (Å²) in [6, 6.07) is 16.4. The number of benzene rings is 2. The molecule has 0 saturated carbocycles.